The van der Waals surface area contributed by atoms with Gasteiger partial charge in [-0.1, -0.05) is 29.3 Å². The van der Waals surface area contributed by atoms with Gasteiger partial charge in [0, 0.05) is 15.7 Å². The number of halogens is 2. The quantitative estimate of drug-likeness (QED) is 0.753. The van der Waals surface area contributed by atoms with Gasteiger partial charge in [0.25, 0.3) is 0 Å². The van der Waals surface area contributed by atoms with Crippen molar-refractivity contribution in [2.24, 2.45) is 5.14 Å². The van der Waals surface area contributed by atoms with E-state index in [1.54, 1.807) is 24.3 Å². The van der Waals surface area contributed by atoms with E-state index < -0.39 is 10.0 Å². The highest BCUT2D eigenvalue weighted by molar-refractivity contribution is 7.89. The smallest absolute Gasteiger partial charge is 0.240 e. The lowest BCUT2D eigenvalue weighted by Gasteiger charge is -2.12. The van der Waals surface area contributed by atoms with Crippen molar-refractivity contribution in [2.45, 2.75) is 4.90 Å². The van der Waals surface area contributed by atoms with E-state index in [1.165, 1.54) is 12.1 Å². The highest BCUT2D eigenvalue weighted by Crippen LogP contribution is 2.30. The van der Waals surface area contributed by atoms with Gasteiger partial charge < -0.3 is 11.1 Å². The molecule has 0 saturated heterocycles. The fourth-order valence-corrected chi connectivity index (χ4v) is 2.89. The Labute approximate surface area is 126 Å². The first-order valence-electron chi connectivity index (χ1n) is 5.42. The molecule has 0 radical (unpaired) electrons. The minimum absolute atomic E-state index is 0.0334. The van der Waals surface area contributed by atoms with E-state index in [2.05, 4.69) is 5.32 Å². The van der Waals surface area contributed by atoms with Gasteiger partial charge in [-0.2, -0.15) is 0 Å². The number of nitrogens with one attached hydrogen (secondary N) is 1. The van der Waals surface area contributed by atoms with Gasteiger partial charge in [0.2, 0.25) is 10.0 Å². The second kappa shape index (κ2) is 5.49. The summed E-state index contributed by atoms with van der Waals surface area (Å²) in [6.07, 6.45) is 0. The lowest BCUT2D eigenvalue weighted by Crippen LogP contribution is -2.15. The third kappa shape index (κ3) is 3.34. The van der Waals surface area contributed by atoms with Crippen LogP contribution in [0.1, 0.15) is 0 Å². The molecule has 0 aliphatic heterocycles. The van der Waals surface area contributed by atoms with Crippen molar-refractivity contribution in [3.05, 3.63) is 46.4 Å². The van der Waals surface area contributed by atoms with Crippen molar-refractivity contribution in [2.75, 3.05) is 11.1 Å². The molecule has 0 spiro atoms. The minimum atomic E-state index is -3.88. The number of rotatable bonds is 3. The van der Waals surface area contributed by atoms with Crippen LogP contribution in [-0.2, 0) is 10.0 Å². The molecule has 2 rings (SSSR count). The number of nitrogens with two attached hydrogens (primary N) is 2. The van der Waals surface area contributed by atoms with Gasteiger partial charge in [0.05, 0.1) is 11.4 Å². The van der Waals surface area contributed by atoms with E-state index >= 15 is 0 Å². The van der Waals surface area contributed by atoms with Crippen LogP contribution in [-0.4, -0.2) is 8.42 Å². The van der Waals surface area contributed by atoms with Gasteiger partial charge in [0.1, 0.15) is 4.90 Å². The van der Waals surface area contributed by atoms with Crippen LogP contribution in [0.15, 0.2) is 41.3 Å². The minimum Gasteiger partial charge on any atom is -0.396 e. The molecule has 5 nitrogen and oxygen atoms in total. The zero-order valence-electron chi connectivity index (χ0n) is 10.1. The number of benzene rings is 2. The van der Waals surface area contributed by atoms with Crippen molar-refractivity contribution in [3.8, 4) is 0 Å². The SMILES string of the molecule is Nc1c(Nc2cc(Cl)cc(Cl)c2)cccc1S(N)(=O)=O. The largest absolute Gasteiger partial charge is 0.396 e. The van der Waals surface area contributed by atoms with E-state index in [4.69, 9.17) is 34.1 Å². The molecule has 0 aliphatic carbocycles. The molecular weight excluding hydrogens is 321 g/mol. The first-order chi connectivity index (χ1) is 9.27. The summed E-state index contributed by atoms with van der Waals surface area (Å²) >= 11 is 11.8. The molecule has 106 valence electrons. The Kier molecular flexibility index (Phi) is 4.10. The summed E-state index contributed by atoms with van der Waals surface area (Å²) in [6, 6.07) is 9.34. The van der Waals surface area contributed by atoms with Crippen LogP contribution in [0.25, 0.3) is 0 Å². The normalized spacial score (nSPS) is 11.3. The zero-order chi connectivity index (χ0) is 14.9. The topological polar surface area (TPSA) is 98.2 Å². The molecule has 0 amide bonds. The molecule has 0 bridgehead atoms. The summed E-state index contributed by atoms with van der Waals surface area (Å²) < 4.78 is 22.8. The Morgan fingerprint density at radius 3 is 2.20 bits per heavy atom. The van der Waals surface area contributed by atoms with Crippen molar-refractivity contribution < 1.29 is 8.42 Å². The monoisotopic (exact) mass is 331 g/mol. The lowest BCUT2D eigenvalue weighted by atomic mass is 10.2. The number of para-hydroxylation sites is 1. The summed E-state index contributed by atoms with van der Waals surface area (Å²) in [5.41, 5.74) is 6.82. The van der Waals surface area contributed by atoms with Crippen LogP contribution < -0.4 is 16.2 Å². The third-order valence-electron chi connectivity index (χ3n) is 2.51. The van der Waals surface area contributed by atoms with Crippen LogP contribution in [0.3, 0.4) is 0 Å². The molecule has 0 saturated carbocycles. The molecule has 8 heteroatoms. The van der Waals surface area contributed by atoms with E-state index in [-0.39, 0.29) is 10.6 Å². The first kappa shape index (κ1) is 14.9. The van der Waals surface area contributed by atoms with Gasteiger partial charge in [0.15, 0.2) is 0 Å². The number of anilines is 3. The average Bonchev–Trinajstić information content (AvgIpc) is 2.29. The standard InChI is InChI=1S/C12H11Cl2N3O2S/c13-7-4-8(14)6-9(5-7)17-10-2-1-3-11(12(10)15)20(16,18)19/h1-6,17H,15H2,(H2,16,18,19). The van der Waals surface area contributed by atoms with E-state index in [1.807, 2.05) is 0 Å². The predicted octanol–water partition coefficient (Wildman–Crippen LogP) is 2.97. The van der Waals surface area contributed by atoms with E-state index in [9.17, 15) is 8.42 Å². The van der Waals surface area contributed by atoms with Gasteiger partial charge in [-0.25, -0.2) is 13.6 Å². The number of hydrogen-bond donors (Lipinski definition) is 3. The summed E-state index contributed by atoms with van der Waals surface area (Å²) in [5.74, 6) is 0. The predicted molar refractivity (Wildman–Crippen MR) is 82.0 cm³/mol. The van der Waals surface area contributed by atoms with Gasteiger partial charge in [-0.3, -0.25) is 0 Å². The van der Waals surface area contributed by atoms with Crippen LogP contribution in [0, 0.1) is 0 Å². The highest BCUT2D eigenvalue weighted by Gasteiger charge is 2.14. The van der Waals surface area contributed by atoms with Crippen molar-refractivity contribution in [3.63, 3.8) is 0 Å². The Morgan fingerprint density at radius 1 is 1.05 bits per heavy atom. The maximum absolute atomic E-state index is 11.4. The van der Waals surface area contributed by atoms with Crippen molar-refractivity contribution in [1.29, 1.82) is 0 Å². The van der Waals surface area contributed by atoms with Gasteiger partial charge in [-0.15, -0.1) is 0 Å². The molecule has 0 heterocycles. The van der Waals surface area contributed by atoms with E-state index in [0.717, 1.165) is 0 Å². The molecule has 20 heavy (non-hydrogen) atoms. The van der Waals surface area contributed by atoms with Crippen LogP contribution in [0.2, 0.25) is 10.0 Å². The highest BCUT2D eigenvalue weighted by atomic mass is 35.5. The number of sulfonamides is 1. The maximum Gasteiger partial charge on any atom is 0.240 e. The second-order valence-corrected chi connectivity index (χ2v) is 6.45. The van der Waals surface area contributed by atoms with Crippen molar-refractivity contribution >= 4 is 50.3 Å². The average molecular weight is 332 g/mol. The Hall–Kier alpha value is -1.47. The molecular formula is C12H11Cl2N3O2S. The molecule has 0 fully saturated rings. The molecule has 0 unspecified atom stereocenters. The number of hydrogen-bond acceptors (Lipinski definition) is 4. The van der Waals surface area contributed by atoms with E-state index in [0.29, 0.717) is 21.4 Å². The van der Waals surface area contributed by atoms with Crippen LogP contribution >= 0.6 is 23.2 Å². The van der Waals surface area contributed by atoms with Gasteiger partial charge >= 0.3 is 0 Å². The molecule has 2 aromatic carbocycles. The molecule has 5 N–H and O–H groups in total. The molecule has 0 aromatic heterocycles. The Bertz CT molecular complexity index is 743. The van der Waals surface area contributed by atoms with Crippen molar-refractivity contribution in [1.82, 2.24) is 0 Å². The lowest BCUT2D eigenvalue weighted by molar-refractivity contribution is 0.598. The Balaban J connectivity index is 2.44. The second-order valence-electron chi connectivity index (χ2n) is 4.05. The first-order valence-corrected chi connectivity index (χ1v) is 7.72. The summed E-state index contributed by atoms with van der Waals surface area (Å²) in [7, 11) is -3.88. The third-order valence-corrected chi connectivity index (χ3v) is 3.92. The molecule has 2 aromatic rings. The van der Waals surface area contributed by atoms with Crippen LogP contribution in [0.4, 0.5) is 17.1 Å². The fraction of sp³-hybridized carbons (Fsp3) is 0. The summed E-state index contributed by atoms with van der Waals surface area (Å²) in [6.45, 7) is 0. The molecule has 0 atom stereocenters. The van der Waals surface area contributed by atoms with Gasteiger partial charge in [-0.05, 0) is 30.3 Å². The summed E-state index contributed by atoms with van der Waals surface area (Å²) in [5, 5.41) is 8.93. The number of primary sulfonamides is 1. The Morgan fingerprint density at radius 2 is 1.65 bits per heavy atom. The fourth-order valence-electron chi connectivity index (χ4n) is 1.68. The number of nitrogen functional groups attached to an aromatic ring is 1. The zero-order valence-corrected chi connectivity index (χ0v) is 12.4. The van der Waals surface area contributed by atoms with Crippen LogP contribution in [0.5, 0.6) is 0 Å². The maximum atomic E-state index is 11.4. The molecule has 0 aliphatic rings. The summed E-state index contributed by atoms with van der Waals surface area (Å²) in [4.78, 5) is -0.143.